The van der Waals surface area contributed by atoms with Gasteiger partial charge in [-0.15, -0.1) is 4.91 Å². The summed E-state index contributed by atoms with van der Waals surface area (Å²) < 4.78 is 0. The molecule has 35 valence electrons. The summed E-state index contributed by atoms with van der Waals surface area (Å²) in [5.41, 5.74) is 0. The Bertz CT molecular complexity index is 46.1. The van der Waals surface area contributed by atoms with Crippen molar-refractivity contribution in [2.75, 3.05) is 0 Å². The van der Waals surface area contributed by atoms with E-state index in [1.165, 1.54) is 0 Å². The summed E-state index contributed by atoms with van der Waals surface area (Å²) >= 11 is 0. The molecule has 0 saturated heterocycles. The van der Waals surface area contributed by atoms with Crippen LogP contribution >= 0.6 is 0 Å². The Morgan fingerprint density at radius 3 is 2.50 bits per heavy atom. The lowest BCUT2D eigenvalue weighted by Gasteiger charge is -1.88. The van der Waals surface area contributed by atoms with Gasteiger partial charge in [0.05, 0.1) is 0 Å². The molecule has 6 heavy (non-hydrogen) atoms. The molecule has 0 aliphatic rings. The average molecular weight is 88.1 g/mol. The van der Waals surface area contributed by atoms with Crippen molar-refractivity contribution in [1.29, 1.82) is 0 Å². The molecule has 3 nitrogen and oxygen atoms in total. The maximum absolute atomic E-state index is 9.20. The second-order valence-corrected chi connectivity index (χ2v) is 0.875. The van der Waals surface area contributed by atoms with E-state index in [-0.39, 0.29) is 6.42 Å². The van der Waals surface area contributed by atoms with Gasteiger partial charge in [-0.1, -0.05) is 0 Å². The van der Waals surface area contributed by atoms with E-state index in [1.807, 2.05) is 0 Å². The van der Waals surface area contributed by atoms with E-state index in [0.29, 0.717) is 0 Å². The first kappa shape index (κ1) is 5.56. The second-order valence-electron chi connectivity index (χ2n) is 0.875. The van der Waals surface area contributed by atoms with Gasteiger partial charge in [0, 0.05) is 0 Å². The lowest BCUT2D eigenvalue weighted by molar-refractivity contribution is 0.185. The molecule has 1 unspecified atom stereocenters. The van der Waals surface area contributed by atoms with Gasteiger partial charge in [0.2, 0.25) is 0 Å². The van der Waals surface area contributed by atoms with Crippen molar-refractivity contribution < 1.29 is 5.11 Å². The van der Waals surface area contributed by atoms with Gasteiger partial charge in [0.15, 0.2) is 6.23 Å². The molecule has 3 heteroatoms. The molecular weight excluding hydrogens is 82.0 g/mol. The molecule has 0 bridgehead atoms. The Balaban J connectivity index is 2.96. The van der Waals surface area contributed by atoms with E-state index in [1.54, 1.807) is 0 Å². The second kappa shape index (κ2) is 2.78. The van der Waals surface area contributed by atoms with Crippen molar-refractivity contribution >= 4 is 0 Å². The van der Waals surface area contributed by atoms with Crippen LogP contribution in [-0.4, -0.2) is 11.3 Å². The summed E-state index contributed by atoms with van der Waals surface area (Å²) in [6, 6.07) is 0. The van der Waals surface area contributed by atoms with E-state index < -0.39 is 6.23 Å². The van der Waals surface area contributed by atoms with Gasteiger partial charge < -0.3 is 5.11 Å². The van der Waals surface area contributed by atoms with E-state index in [9.17, 15) is 4.91 Å². The zero-order valence-corrected chi connectivity index (χ0v) is 3.29. The molecule has 0 aliphatic heterocycles. The van der Waals surface area contributed by atoms with Crippen LogP contribution < -0.4 is 0 Å². The fourth-order valence-corrected chi connectivity index (χ4v) is 0.0527. The van der Waals surface area contributed by atoms with Gasteiger partial charge in [-0.05, 0) is 18.5 Å². The number of nitrogens with zero attached hydrogens (tertiary/aromatic N) is 1. The topological polar surface area (TPSA) is 49.7 Å². The van der Waals surface area contributed by atoms with Gasteiger partial charge >= 0.3 is 0 Å². The molecule has 0 saturated carbocycles. The number of aliphatic hydroxyl groups excluding tert-OH is 1. The minimum atomic E-state index is -1.11. The van der Waals surface area contributed by atoms with Gasteiger partial charge in [-0.25, -0.2) is 0 Å². The average Bonchev–Trinajstić information content (AvgIpc) is 1.65. The Hall–Kier alpha value is -0.440. The number of aliphatic hydroxyl groups is 1. The quantitative estimate of drug-likeness (QED) is 0.493. The van der Waals surface area contributed by atoms with Crippen LogP contribution in [0.2, 0.25) is 0 Å². The zero-order chi connectivity index (χ0) is 4.99. The molecule has 0 aromatic rings. The van der Waals surface area contributed by atoms with Crippen molar-refractivity contribution in [3.63, 3.8) is 0 Å². The highest BCUT2D eigenvalue weighted by atomic mass is 16.3. The molecule has 0 spiro atoms. The van der Waals surface area contributed by atoms with E-state index in [4.69, 9.17) is 5.11 Å². The number of hydrogen-bond acceptors (Lipinski definition) is 3. The summed E-state index contributed by atoms with van der Waals surface area (Å²) in [6.45, 7) is 3.21. The SMILES string of the molecule is [CH2]CC(O)N=O. The van der Waals surface area contributed by atoms with Crippen LogP contribution in [0.5, 0.6) is 0 Å². The molecule has 1 N–H and O–H groups in total. The van der Waals surface area contributed by atoms with Crippen molar-refractivity contribution in [2.45, 2.75) is 12.6 Å². The normalized spacial score (nSPS) is 13.7. The van der Waals surface area contributed by atoms with Gasteiger partial charge in [0.1, 0.15) is 0 Å². The van der Waals surface area contributed by atoms with E-state index in [0.717, 1.165) is 0 Å². The van der Waals surface area contributed by atoms with E-state index in [2.05, 4.69) is 12.1 Å². The molecule has 0 aromatic carbocycles. The molecule has 1 atom stereocenters. The third kappa shape index (κ3) is 1.84. The summed E-state index contributed by atoms with van der Waals surface area (Å²) in [5.74, 6) is 0. The number of nitroso groups, excluding NO2 is 1. The third-order valence-corrected chi connectivity index (χ3v) is 0.380. The maximum atomic E-state index is 9.20. The van der Waals surface area contributed by atoms with Crippen molar-refractivity contribution in [2.24, 2.45) is 5.18 Å². The highest BCUT2D eigenvalue weighted by Crippen LogP contribution is 1.86. The van der Waals surface area contributed by atoms with Crippen LogP contribution in [0.1, 0.15) is 6.42 Å². The zero-order valence-electron chi connectivity index (χ0n) is 3.29. The fraction of sp³-hybridized carbons (Fsp3) is 0.667. The third-order valence-electron chi connectivity index (χ3n) is 0.380. The smallest absolute Gasteiger partial charge is 0.186 e. The van der Waals surface area contributed by atoms with Crippen LogP contribution in [0.4, 0.5) is 0 Å². The fourth-order valence-electron chi connectivity index (χ4n) is 0.0527. The Kier molecular flexibility index (Phi) is 2.58. The Labute approximate surface area is 36.0 Å². The van der Waals surface area contributed by atoms with Crippen molar-refractivity contribution in [3.05, 3.63) is 11.8 Å². The predicted molar refractivity (Wildman–Crippen MR) is 21.8 cm³/mol. The highest BCUT2D eigenvalue weighted by Gasteiger charge is 1.92. The summed E-state index contributed by atoms with van der Waals surface area (Å²) in [5, 5.41) is 10.4. The molecule has 1 radical (unpaired) electrons. The van der Waals surface area contributed by atoms with Crippen LogP contribution in [0.25, 0.3) is 0 Å². The predicted octanol–water partition coefficient (Wildman–Crippen LogP) is 0.295. The van der Waals surface area contributed by atoms with Crippen molar-refractivity contribution in [3.8, 4) is 0 Å². The molecule has 0 fully saturated rings. The molecular formula is C3H6NO2. The maximum Gasteiger partial charge on any atom is 0.186 e. The first-order chi connectivity index (χ1) is 2.81. The number of hydrogen-bond donors (Lipinski definition) is 1. The molecule has 0 amide bonds. The van der Waals surface area contributed by atoms with Crippen LogP contribution in [0.15, 0.2) is 5.18 Å². The minimum absolute atomic E-state index is 0.156. The van der Waals surface area contributed by atoms with Crippen LogP contribution in [0, 0.1) is 11.8 Å². The van der Waals surface area contributed by atoms with Gasteiger partial charge in [-0.2, -0.15) is 0 Å². The molecule has 0 rings (SSSR count). The first-order valence-electron chi connectivity index (χ1n) is 1.61. The first-order valence-corrected chi connectivity index (χ1v) is 1.61. The minimum Gasteiger partial charge on any atom is -0.369 e. The summed E-state index contributed by atoms with van der Waals surface area (Å²) in [4.78, 5) is 9.20. The monoisotopic (exact) mass is 88.0 g/mol. The largest absolute Gasteiger partial charge is 0.369 e. The molecule has 0 aliphatic carbocycles. The lowest BCUT2D eigenvalue weighted by Crippen LogP contribution is -1.96. The van der Waals surface area contributed by atoms with Gasteiger partial charge in [0.25, 0.3) is 0 Å². The van der Waals surface area contributed by atoms with Crippen LogP contribution in [0.3, 0.4) is 0 Å². The highest BCUT2D eigenvalue weighted by molar-refractivity contribution is 4.48. The van der Waals surface area contributed by atoms with E-state index >= 15 is 0 Å². The number of rotatable bonds is 2. The Morgan fingerprint density at radius 1 is 2.00 bits per heavy atom. The van der Waals surface area contributed by atoms with Crippen molar-refractivity contribution in [1.82, 2.24) is 0 Å². The summed E-state index contributed by atoms with van der Waals surface area (Å²) in [6.07, 6.45) is -0.950. The lowest BCUT2D eigenvalue weighted by atomic mass is 10.5. The van der Waals surface area contributed by atoms with Crippen LogP contribution in [-0.2, 0) is 0 Å². The van der Waals surface area contributed by atoms with Gasteiger partial charge in [-0.3, -0.25) is 0 Å². The standard InChI is InChI=1S/C3H6NO2/c1-2-3(5)4-6/h3,5H,1-2H2. The molecule has 0 aromatic heterocycles. The molecule has 0 heterocycles. The Morgan fingerprint density at radius 2 is 2.50 bits per heavy atom. The summed E-state index contributed by atoms with van der Waals surface area (Å²) in [7, 11) is 0.